The molecule has 0 saturated carbocycles. The summed E-state index contributed by atoms with van der Waals surface area (Å²) >= 11 is 5.91. The van der Waals surface area contributed by atoms with Gasteiger partial charge in [-0.15, -0.1) is 0 Å². The highest BCUT2D eigenvalue weighted by Crippen LogP contribution is 2.28. The molecule has 1 saturated heterocycles. The van der Waals surface area contributed by atoms with Gasteiger partial charge in [-0.2, -0.15) is 0 Å². The Labute approximate surface area is 194 Å². The van der Waals surface area contributed by atoms with E-state index in [0.717, 1.165) is 29.5 Å². The summed E-state index contributed by atoms with van der Waals surface area (Å²) in [7, 11) is 0. The van der Waals surface area contributed by atoms with E-state index in [1.54, 1.807) is 12.1 Å². The first kappa shape index (κ1) is 22.1. The largest absolute Gasteiger partial charge is 0.353 e. The zero-order valence-corrected chi connectivity index (χ0v) is 18.7. The molecule has 4 nitrogen and oxygen atoms in total. The monoisotopic (exact) mass is 446 g/mol. The number of hydrogen-bond donors (Lipinski definition) is 1. The average Bonchev–Trinajstić information content (AvgIpc) is 2.82. The van der Waals surface area contributed by atoms with Gasteiger partial charge < -0.3 is 10.2 Å². The first-order chi connectivity index (χ1) is 15.6. The fraction of sp³-hybridized carbons (Fsp3) is 0.259. The molecule has 1 aliphatic heterocycles. The molecule has 0 aliphatic carbocycles. The van der Waals surface area contributed by atoms with Crippen LogP contribution in [0.3, 0.4) is 0 Å². The van der Waals surface area contributed by atoms with Crippen molar-refractivity contribution in [2.45, 2.75) is 31.2 Å². The standard InChI is InChI=1S/C27H27ClN2O2/c28-23-13-11-20(12-14-23)19-25(31)29-24-15-17-30(18-16-24)27(32)26(21-7-3-1-4-8-21)22-9-5-2-6-10-22/h1-14,24,26H,15-19H2,(H,29,31). The van der Waals surface area contributed by atoms with Crippen molar-refractivity contribution < 1.29 is 9.59 Å². The van der Waals surface area contributed by atoms with Crippen molar-refractivity contribution >= 4 is 23.4 Å². The molecule has 2 amide bonds. The van der Waals surface area contributed by atoms with Crippen LogP contribution in [0, 0.1) is 0 Å². The van der Waals surface area contributed by atoms with Crippen LogP contribution in [0.2, 0.25) is 5.02 Å². The number of rotatable bonds is 6. The summed E-state index contributed by atoms with van der Waals surface area (Å²) in [6.45, 7) is 1.28. The van der Waals surface area contributed by atoms with E-state index in [9.17, 15) is 9.59 Å². The molecule has 1 N–H and O–H groups in total. The normalized spacial score (nSPS) is 14.4. The van der Waals surface area contributed by atoms with Gasteiger partial charge in [-0.05, 0) is 41.7 Å². The van der Waals surface area contributed by atoms with Crippen molar-refractivity contribution in [2.75, 3.05) is 13.1 Å². The zero-order valence-electron chi connectivity index (χ0n) is 17.9. The molecule has 32 heavy (non-hydrogen) atoms. The molecule has 0 aromatic heterocycles. The fourth-order valence-corrected chi connectivity index (χ4v) is 4.39. The smallest absolute Gasteiger partial charge is 0.234 e. The molecule has 3 aromatic rings. The highest BCUT2D eigenvalue weighted by molar-refractivity contribution is 6.30. The maximum atomic E-state index is 13.5. The molecule has 164 valence electrons. The van der Waals surface area contributed by atoms with Gasteiger partial charge in [-0.3, -0.25) is 9.59 Å². The third kappa shape index (κ3) is 5.57. The molecule has 1 heterocycles. The first-order valence-corrected chi connectivity index (χ1v) is 11.4. The van der Waals surface area contributed by atoms with E-state index in [4.69, 9.17) is 11.6 Å². The lowest BCUT2D eigenvalue weighted by atomic mass is 9.89. The van der Waals surface area contributed by atoms with Gasteiger partial charge in [0.2, 0.25) is 11.8 Å². The fourth-order valence-electron chi connectivity index (χ4n) is 4.26. The molecule has 1 fully saturated rings. The lowest BCUT2D eigenvalue weighted by Gasteiger charge is -2.35. The average molecular weight is 447 g/mol. The third-order valence-corrected chi connectivity index (χ3v) is 6.21. The van der Waals surface area contributed by atoms with Crippen LogP contribution < -0.4 is 5.32 Å². The quantitative estimate of drug-likeness (QED) is 0.590. The van der Waals surface area contributed by atoms with E-state index in [0.29, 0.717) is 24.5 Å². The predicted molar refractivity (Wildman–Crippen MR) is 128 cm³/mol. The molecule has 1 aliphatic rings. The van der Waals surface area contributed by atoms with Gasteiger partial charge in [0, 0.05) is 24.2 Å². The van der Waals surface area contributed by atoms with Crippen LogP contribution >= 0.6 is 11.6 Å². The molecule has 4 rings (SSSR count). The van der Waals surface area contributed by atoms with Crippen LogP contribution in [0.5, 0.6) is 0 Å². The van der Waals surface area contributed by atoms with E-state index >= 15 is 0 Å². The maximum absolute atomic E-state index is 13.5. The van der Waals surface area contributed by atoms with E-state index in [-0.39, 0.29) is 23.8 Å². The summed E-state index contributed by atoms with van der Waals surface area (Å²) in [4.78, 5) is 27.9. The second-order valence-corrected chi connectivity index (χ2v) is 8.66. The number of likely N-dealkylation sites (tertiary alicyclic amines) is 1. The lowest BCUT2D eigenvalue weighted by molar-refractivity contribution is -0.133. The molecule has 3 aromatic carbocycles. The summed E-state index contributed by atoms with van der Waals surface area (Å²) in [5, 5.41) is 3.79. The molecule has 0 radical (unpaired) electrons. The number of amides is 2. The Morgan fingerprint density at radius 1 is 0.844 bits per heavy atom. The summed E-state index contributed by atoms with van der Waals surface area (Å²) < 4.78 is 0. The Hall–Kier alpha value is -3.11. The second kappa shape index (κ2) is 10.5. The van der Waals surface area contributed by atoms with Crippen molar-refractivity contribution in [1.82, 2.24) is 10.2 Å². The minimum Gasteiger partial charge on any atom is -0.353 e. The number of halogens is 1. The molecule has 0 unspecified atom stereocenters. The van der Waals surface area contributed by atoms with Gasteiger partial charge >= 0.3 is 0 Å². The Balaban J connectivity index is 1.36. The van der Waals surface area contributed by atoms with Crippen LogP contribution in [0.4, 0.5) is 0 Å². The second-order valence-electron chi connectivity index (χ2n) is 8.22. The topological polar surface area (TPSA) is 49.4 Å². The highest BCUT2D eigenvalue weighted by atomic mass is 35.5. The molecule has 0 atom stereocenters. The number of nitrogens with zero attached hydrogens (tertiary/aromatic N) is 1. The van der Waals surface area contributed by atoms with Gasteiger partial charge in [-0.1, -0.05) is 84.4 Å². The number of carbonyl (C=O) groups excluding carboxylic acids is 2. The summed E-state index contributed by atoms with van der Waals surface area (Å²) in [5.41, 5.74) is 2.94. The summed E-state index contributed by atoms with van der Waals surface area (Å²) in [6.07, 6.45) is 1.85. The van der Waals surface area contributed by atoms with Crippen LogP contribution in [-0.4, -0.2) is 35.8 Å². The molecule has 5 heteroatoms. The number of hydrogen-bond acceptors (Lipinski definition) is 2. The van der Waals surface area contributed by atoms with Gasteiger partial charge in [-0.25, -0.2) is 0 Å². The summed E-state index contributed by atoms with van der Waals surface area (Å²) in [6, 6.07) is 27.3. The van der Waals surface area contributed by atoms with E-state index in [2.05, 4.69) is 5.32 Å². The number of nitrogens with one attached hydrogen (secondary N) is 1. The molecule has 0 spiro atoms. The maximum Gasteiger partial charge on any atom is 0.234 e. The molecule has 0 bridgehead atoms. The van der Waals surface area contributed by atoms with Crippen LogP contribution in [0.25, 0.3) is 0 Å². The van der Waals surface area contributed by atoms with Crippen molar-refractivity contribution in [3.05, 3.63) is 107 Å². The Kier molecular flexibility index (Phi) is 7.23. The Bertz CT molecular complexity index is 991. The number of benzene rings is 3. The predicted octanol–water partition coefficient (Wildman–Crippen LogP) is 4.82. The van der Waals surface area contributed by atoms with Gasteiger partial charge in [0.1, 0.15) is 0 Å². The van der Waals surface area contributed by atoms with E-state index in [1.165, 1.54) is 0 Å². The Morgan fingerprint density at radius 3 is 1.91 bits per heavy atom. The van der Waals surface area contributed by atoms with Crippen molar-refractivity contribution in [2.24, 2.45) is 0 Å². The van der Waals surface area contributed by atoms with Gasteiger partial charge in [0.15, 0.2) is 0 Å². The highest BCUT2D eigenvalue weighted by Gasteiger charge is 2.30. The van der Waals surface area contributed by atoms with Crippen molar-refractivity contribution in [1.29, 1.82) is 0 Å². The number of carbonyl (C=O) groups is 2. The Morgan fingerprint density at radius 2 is 1.38 bits per heavy atom. The van der Waals surface area contributed by atoms with Crippen molar-refractivity contribution in [3.8, 4) is 0 Å². The minimum atomic E-state index is -0.312. The third-order valence-electron chi connectivity index (χ3n) is 5.96. The zero-order chi connectivity index (χ0) is 22.3. The molecular formula is C27H27ClN2O2. The first-order valence-electron chi connectivity index (χ1n) is 11.0. The molecular weight excluding hydrogens is 420 g/mol. The van der Waals surface area contributed by atoms with Crippen LogP contribution in [0.15, 0.2) is 84.9 Å². The SMILES string of the molecule is O=C(Cc1ccc(Cl)cc1)NC1CCN(C(=O)C(c2ccccc2)c2ccccc2)CC1. The lowest BCUT2D eigenvalue weighted by Crippen LogP contribution is -2.48. The van der Waals surface area contributed by atoms with E-state index < -0.39 is 0 Å². The number of piperidine rings is 1. The summed E-state index contributed by atoms with van der Waals surface area (Å²) in [5.74, 6) is -0.190. The minimum absolute atomic E-state index is 0.00328. The van der Waals surface area contributed by atoms with Crippen LogP contribution in [-0.2, 0) is 16.0 Å². The van der Waals surface area contributed by atoms with Crippen molar-refractivity contribution in [3.63, 3.8) is 0 Å². The van der Waals surface area contributed by atoms with Crippen LogP contribution in [0.1, 0.15) is 35.4 Å². The van der Waals surface area contributed by atoms with Gasteiger partial charge in [0.05, 0.1) is 12.3 Å². The van der Waals surface area contributed by atoms with E-state index in [1.807, 2.05) is 77.7 Å². The van der Waals surface area contributed by atoms with Gasteiger partial charge in [0.25, 0.3) is 0 Å².